The van der Waals surface area contributed by atoms with Crippen LogP contribution in [0.1, 0.15) is 45.0 Å². The molecule has 3 aromatic rings. The summed E-state index contributed by atoms with van der Waals surface area (Å²) in [6, 6.07) is 10.7. The van der Waals surface area contributed by atoms with Gasteiger partial charge in [0.05, 0.1) is 30.3 Å². The fraction of sp³-hybridized carbons (Fsp3) is 0.360. The first kappa shape index (κ1) is 25.4. The van der Waals surface area contributed by atoms with Gasteiger partial charge < -0.3 is 14.2 Å². The van der Waals surface area contributed by atoms with Crippen molar-refractivity contribution in [2.24, 2.45) is 5.10 Å². The molecule has 0 bridgehead atoms. The molecule has 34 heavy (non-hydrogen) atoms. The maximum atomic E-state index is 13.2. The van der Waals surface area contributed by atoms with Crippen LogP contribution in [0.25, 0.3) is 10.9 Å². The predicted octanol–water partition coefficient (Wildman–Crippen LogP) is 4.72. The van der Waals surface area contributed by atoms with Gasteiger partial charge in [-0.05, 0) is 62.2 Å². The Morgan fingerprint density at radius 1 is 1.09 bits per heavy atom. The Bertz CT molecular complexity index is 1240. The maximum Gasteiger partial charge on any atom is 0.344 e. The average Bonchev–Trinajstić information content (AvgIpc) is 2.82. The van der Waals surface area contributed by atoms with Gasteiger partial charge in [-0.25, -0.2) is 9.78 Å². The summed E-state index contributed by atoms with van der Waals surface area (Å²) in [6.45, 7) is 6.17. The zero-order chi connectivity index (χ0) is 24.5. The van der Waals surface area contributed by atoms with E-state index in [-0.39, 0.29) is 18.8 Å². The summed E-state index contributed by atoms with van der Waals surface area (Å²) < 4.78 is 18.3. The average molecular weight is 530 g/mol. The van der Waals surface area contributed by atoms with Crippen LogP contribution >= 0.6 is 15.9 Å². The Morgan fingerprint density at radius 2 is 1.91 bits per heavy atom. The van der Waals surface area contributed by atoms with Gasteiger partial charge in [0.15, 0.2) is 18.1 Å². The molecule has 9 heteroatoms. The third-order valence-corrected chi connectivity index (χ3v) is 5.36. The Balaban J connectivity index is 1.94. The van der Waals surface area contributed by atoms with Crippen LogP contribution in [-0.2, 0) is 16.0 Å². The Morgan fingerprint density at radius 3 is 2.65 bits per heavy atom. The highest BCUT2D eigenvalue weighted by Crippen LogP contribution is 2.28. The summed E-state index contributed by atoms with van der Waals surface area (Å²) in [6.07, 6.45) is 4.09. The molecule has 0 unspecified atom stereocenters. The lowest BCUT2D eigenvalue weighted by atomic mass is 10.2. The number of benzene rings is 2. The van der Waals surface area contributed by atoms with Crippen molar-refractivity contribution in [2.45, 2.75) is 40.0 Å². The summed E-state index contributed by atoms with van der Waals surface area (Å²) in [5.41, 5.74) is 1.12. The van der Waals surface area contributed by atoms with Gasteiger partial charge in [-0.2, -0.15) is 9.78 Å². The van der Waals surface area contributed by atoms with Crippen LogP contribution < -0.4 is 15.0 Å². The van der Waals surface area contributed by atoms with Crippen LogP contribution in [0.2, 0.25) is 0 Å². The second-order valence-electron chi connectivity index (χ2n) is 7.39. The molecule has 8 nitrogen and oxygen atoms in total. The number of esters is 1. The fourth-order valence-electron chi connectivity index (χ4n) is 3.27. The number of fused-ring (bicyclic) bond motifs is 1. The molecule has 0 N–H and O–H groups in total. The molecule has 0 aliphatic heterocycles. The minimum absolute atomic E-state index is 0.212. The lowest BCUT2D eigenvalue weighted by Gasteiger charge is -2.12. The molecule has 0 saturated carbocycles. The number of halogens is 1. The zero-order valence-electron chi connectivity index (χ0n) is 19.5. The second kappa shape index (κ2) is 12.3. The largest absolute Gasteiger partial charge is 0.490 e. The number of nitrogens with zero attached hydrogens (tertiary/aromatic N) is 3. The van der Waals surface area contributed by atoms with E-state index in [9.17, 15) is 9.59 Å². The monoisotopic (exact) mass is 529 g/mol. The number of rotatable bonds is 11. The number of carbonyl (C=O) groups excluding carboxylic acids is 1. The van der Waals surface area contributed by atoms with E-state index in [0.717, 1.165) is 17.3 Å². The van der Waals surface area contributed by atoms with Gasteiger partial charge in [-0.3, -0.25) is 4.79 Å². The molecule has 0 saturated heterocycles. The van der Waals surface area contributed by atoms with Gasteiger partial charge in [-0.1, -0.05) is 29.3 Å². The molecule has 0 amide bonds. The van der Waals surface area contributed by atoms with Crippen LogP contribution in [0.4, 0.5) is 0 Å². The predicted molar refractivity (Wildman–Crippen MR) is 135 cm³/mol. The normalized spacial score (nSPS) is 11.2. The summed E-state index contributed by atoms with van der Waals surface area (Å²) in [7, 11) is 0. The van der Waals surface area contributed by atoms with E-state index in [1.807, 2.05) is 19.1 Å². The van der Waals surface area contributed by atoms with Crippen molar-refractivity contribution in [1.29, 1.82) is 0 Å². The highest BCUT2D eigenvalue weighted by atomic mass is 79.9. The molecule has 180 valence electrons. The van der Waals surface area contributed by atoms with Crippen LogP contribution in [0.3, 0.4) is 0 Å². The van der Waals surface area contributed by atoms with Gasteiger partial charge in [0.1, 0.15) is 5.82 Å². The van der Waals surface area contributed by atoms with Gasteiger partial charge in [0.25, 0.3) is 5.56 Å². The first-order valence-corrected chi connectivity index (χ1v) is 12.1. The lowest BCUT2D eigenvalue weighted by molar-refractivity contribution is -0.145. The van der Waals surface area contributed by atoms with Crippen molar-refractivity contribution in [3.8, 4) is 11.5 Å². The molecule has 1 heterocycles. The summed E-state index contributed by atoms with van der Waals surface area (Å²) in [4.78, 5) is 29.5. The van der Waals surface area contributed by atoms with Crippen molar-refractivity contribution < 1.29 is 19.0 Å². The molecular weight excluding hydrogens is 502 g/mol. The van der Waals surface area contributed by atoms with E-state index in [4.69, 9.17) is 14.2 Å². The van der Waals surface area contributed by atoms with Gasteiger partial charge in [0.2, 0.25) is 0 Å². The molecule has 0 fully saturated rings. The fourth-order valence-corrected chi connectivity index (χ4v) is 3.63. The van der Waals surface area contributed by atoms with E-state index in [1.165, 1.54) is 4.68 Å². The summed E-state index contributed by atoms with van der Waals surface area (Å²) in [5, 5.41) is 4.96. The molecule has 0 atom stereocenters. The number of ether oxygens (including phenoxy) is 3. The maximum absolute atomic E-state index is 13.2. The summed E-state index contributed by atoms with van der Waals surface area (Å²) >= 11 is 3.42. The number of hydrogen-bond acceptors (Lipinski definition) is 7. The first-order valence-electron chi connectivity index (χ1n) is 11.3. The van der Waals surface area contributed by atoms with Crippen molar-refractivity contribution in [2.75, 3.05) is 19.8 Å². The van der Waals surface area contributed by atoms with Crippen LogP contribution in [0, 0.1) is 0 Å². The Labute approximate surface area is 206 Å². The molecule has 3 rings (SSSR count). The number of carbonyl (C=O) groups is 1. The topological polar surface area (TPSA) is 92.0 Å². The molecule has 0 aliphatic rings. The third kappa shape index (κ3) is 6.44. The number of aryl methyl sites for hydroxylation is 1. The molecule has 2 aromatic carbocycles. The van der Waals surface area contributed by atoms with Crippen LogP contribution in [0.5, 0.6) is 11.5 Å². The number of aromatic nitrogens is 2. The minimum Gasteiger partial charge on any atom is -0.490 e. The van der Waals surface area contributed by atoms with Crippen LogP contribution in [-0.4, -0.2) is 41.7 Å². The van der Waals surface area contributed by atoms with Crippen molar-refractivity contribution in [1.82, 2.24) is 9.66 Å². The molecular formula is C25H28BrN3O5. The van der Waals surface area contributed by atoms with Gasteiger partial charge in [-0.15, -0.1) is 0 Å². The number of hydrogen-bond donors (Lipinski definition) is 0. The molecule has 0 radical (unpaired) electrons. The highest BCUT2D eigenvalue weighted by molar-refractivity contribution is 9.10. The summed E-state index contributed by atoms with van der Waals surface area (Å²) in [5.74, 6) is 1.04. The van der Waals surface area contributed by atoms with Crippen molar-refractivity contribution >= 4 is 39.0 Å². The van der Waals surface area contributed by atoms with E-state index in [2.05, 4.69) is 32.9 Å². The van der Waals surface area contributed by atoms with Gasteiger partial charge >= 0.3 is 5.97 Å². The SMILES string of the molecule is CCCCc1nc2ccc(Br)cc2c(=O)n1N=Cc1ccc(OCC(=O)OCC)c(OCC)c1. The Kier molecular flexibility index (Phi) is 9.21. The third-order valence-electron chi connectivity index (χ3n) is 4.87. The molecule has 0 spiro atoms. The van der Waals surface area contributed by atoms with Crippen molar-refractivity contribution in [3.63, 3.8) is 0 Å². The standard InChI is InChI=1S/C25H28BrN3O5/c1-4-7-8-23-28-20-11-10-18(26)14-19(20)25(31)29(23)27-15-17-9-12-21(22(13-17)32-5-2)34-16-24(30)33-6-3/h9-15H,4-8,16H2,1-3H3. The second-order valence-corrected chi connectivity index (χ2v) is 8.30. The molecule has 0 aliphatic carbocycles. The van der Waals surface area contributed by atoms with Crippen LogP contribution in [0.15, 0.2) is 50.8 Å². The van der Waals surface area contributed by atoms with Gasteiger partial charge in [0, 0.05) is 10.9 Å². The van der Waals surface area contributed by atoms with E-state index < -0.39 is 5.97 Å². The smallest absolute Gasteiger partial charge is 0.344 e. The zero-order valence-corrected chi connectivity index (χ0v) is 21.1. The number of unbranched alkanes of at least 4 members (excludes halogenated alkanes) is 1. The van der Waals surface area contributed by atoms with E-state index >= 15 is 0 Å². The lowest BCUT2D eigenvalue weighted by Crippen LogP contribution is -2.22. The van der Waals surface area contributed by atoms with E-state index in [0.29, 0.717) is 46.8 Å². The quantitative estimate of drug-likeness (QED) is 0.263. The van der Waals surface area contributed by atoms with E-state index in [1.54, 1.807) is 37.4 Å². The minimum atomic E-state index is -0.454. The molecule has 1 aromatic heterocycles. The van der Waals surface area contributed by atoms with Crippen molar-refractivity contribution in [3.05, 3.63) is 62.6 Å². The first-order chi connectivity index (χ1) is 16.5. The highest BCUT2D eigenvalue weighted by Gasteiger charge is 2.12. The Hall–Kier alpha value is -3.20.